The summed E-state index contributed by atoms with van der Waals surface area (Å²) in [6.45, 7) is 3.35. The van der Waals surface area contributed by atoms with Crippen molar-refractivity contribution in [2.24, 2.45) is 0 Å². The van der Waals surface area contributed by atoms with Crippen molar-refractivity contribution in [3.8, 4) is 11.4 Å². The molecule has 0 radical (unpaired) electrons. The number of nitrogens with zero attached hydrogens (tertiary/aromatic N) is 4. The van der Waals surface area contributed by atoms with Crippen LogP contribution < -0.4 is 5.32 Å². The van der Waals surface area contributed by atoms with Crippen LogP contribution in [0.1, 0.15) is 11.1 Å². The molecule has 2 heterocycles. The largest absolute Gasteiger partial charge is 0.379 e. The number of ether oxygens (including phenoxy) is 1. The van der Waals surface area contributed by atoms with Gasteiger partial charge in [0.05, 0.1) is 30.4 Å². The number of aromatic nitrogens is 3. The molecule has 0 saturated carbocycles. The Hall–Kier alpha value is -3.29. The average molecular weight is 616 g/mol. The monoisotopic (exact) mass is 615 g/mol. The molecule has 1 aliphatic rings. The Labute approximate surface area is 246 Å². The van der Waals surface area contributed by atoms with E-state index in [1.54, 1.807) is 59.2 Å². The highest BCUT2D eigenvalue weighted by atomic mass is 35.5. The first-order valence-electron chi connectivity index (χ1n) is 12.8. The van der Waals surface area contributed by atoms with Gasteiger partial charge in [0.2, 0.25) is 15.9 Å². The highest BCUT2D eigenvalue weighted by Gasteiger charge is 2.27. The number of nitrogens with one attached hydrogen (secondary N) is 1. The molecule has 0 unspecified atom stereocenters. The number of rotatable bonds is 9. The van der Waals surface area contributed by atoms with Crippen LogP contribution in [-0.4, -0.2) is 65.5 Å². The van der Waals surface area contributed by atoms with Gasteiger partial charge in [-0.05, 0) is 54.4 Å². The molecule has 1 aliphatic heterocycles. The molecule has 1 aromatic heterocycles. The summed E-state index contributed by atoms with van der Waals surface area (Å²) in [4.78, 5) is 12.9. The molecule has 4 aromatic rings. The number of anilines is 1. The second-order valence-electron chi connectivity index (χ2n) is 9.31. The fourth-order valence-corrected chi connectivity index (χ4v) is 6.68. The van der Waals surface area contributed by atoms with E-state index in [1.165, 1.54) is 28.2 Å². The van der Waals surface area contributed by atoms with Crippen LogP contribution in [0.4, 0.5) is 10.1 Å². The number of hydrogen-bond acceptors (Lipinski definition) is 7. The highest BCUT2D eigenvalue weighted by molar-refractivity contribution is 7.99. The summed E-state index contributed by atoms with van der Waals surface area (Å²) in [7, 11) is -3.73. The van der Waals surface area contributed by atoms with E-state index in [0.29, 0.717) is 40.5 Å². The van der Waals surface area contributed by atoms with E-state index in [4.69, 9.17) is 16.3 Å². The second-order valence-corrected chi connectivity index (χ2v) is 12.6. The molecule has 3 aromatic carbocycles. The Balaban J connectivity index is 1.43. The minimum absolute atomic E-state index is 0.0406. The maximum Gasteiger partial charge on any atom is 0.243 e. The van der Waals surface area contributed by atoms with Crippen molar-refractivity contribution in [2.45, 2.75) is 23.5 Å². The Bertz CT molecular complexity index is 1660. The number of amides is 1. The number of morpholine rings is 1. The Morgan fingerprint density at radius 2 is 1.80 bits per heavy atom. The Morgan fingerprint density at radius 1 is 1.07 bits per heavy atom. The van der Waals surface area contributed by atoms with Crippen molar-refractivity contribution in [3.63, 3.8) is 0 Å². The number of halogens is 2. The molecular weight excluding hydrogens is 589 g/mol. The van der Waals surface area contributed by atoms with E-state index < -0.39 is 10.0 Å². The van der Waals surface area contributed by atoms with Gasteiger partial charge < -0.3 is 10.1 Å². The van der Waals surface area contributed by atoms with E-state index in [2.05, 4.69) is 15.5 Å². The molecule has 0 spiro atoms. The topological polar surface area (TPSA) is 106 Å². The van der Waals surface area contributed by atoms with Crippen molar-refractivity contribution in [1.29, 1.82) is 0 Å². The molecule has 13 heteroatoms. The quantitative estimate of drug-likeness (QED) is 0.268. The number of hydrogen-bond donors (Lipinski definition) is 1. The van der Waals surface area contributed by atoms with E-state index in [-0.39, 0.29) is 42.0 Å². The summed E-state index contributed by atoms with van der Waals surface area (Å²) in [6, 6.07) is 17.9. The van der Waals surface area contributed by atoms with Crippen molar-refractivity contribution in [2.75, 3.05) is 37.4 Å². The van der Waals surface area contributed by atoms with Gasteiger partial charge in [-0.25, -0.2) is 12.8 Å². The molecule has 0 atom stereocenters. The number of benzene rings is 3. The zero-order valence-corrected chi connectivity index (χ0v) is 24.5. The fourth-order valence-electron chi connectivity index (χ4n) is 4.31. The number of carbonyl (C=O) groups is 1. The first-order chi connectivity index (χ1) is 19.7. The van der Waals surface area contributed by atoms with Gasteiger partial charge in [-0.3, -0.25) is 9.36 Å². The second kappa shape index (κ2) is 12.7. The van der Waals surface area contributed by atoms with Crippen molar-refractivity contribution in [1.82, 2.24) is 19.1 Å². The smallest absolute Gasteiger partial charge is 0.243 e. The van der Waals surface area contributed by atoms with Crippen LogP contribution in [0.15, 0.2) is 76.8 Å². The van der Waals surface area contributed by atoms with Crippen LogP contribution in [0.2, 0.25) is 5.02 Å². The lowest BCUT2D eigenvalue weighted by Crippen LogP contribution is -2.40. The van der Waals surface area contributed by atoms with Crippen LogP contribution >= 0.6 is 23.4 Å². The summed E-state index contributed by atoms with van der Waals surface area (Å²) < 4.78 is 48.7. The molecular formula is C28H27ClFN5O4S2. The maximum atomic E-state index is 13.6. The van der Waals surface area contributed by atoms with Gasteiger partial charge in [-0.15, -0.1) is 10.2 Å². The first-order valence-corrected chi connectivity index (χ1v) is 15.6. The van der Waals surface area contributed by atoms with E-state index in [1.807, 2.05) is 6.92 Å². The molecule has 5 rings (SSSR count). The van der Waals surface area contributed by atoms with Crippen LogP contribution in [0, 0.1) is 12.7 Å². The molecule has 0 aliphatic carbocycles. The normalized spacial score (nSPS) is 14.2. The average Bonchev–Trinajstić information content (AvgIpc) is 3.38. The fraction of sp³-hybridized carbons (Fsp3) is 0.250. The molecule has 214 valence electrons. The number of sulfonamides is 1. The Morgan fingerprint density at radius 3 is 2.56 bits per heavy atom. The summed E-state index contributed by atoms with van der Waals surface area (Å²) in [5, 5.41) is 12.6. The van der Waals surface area contributed by atoms with Gasteiger partial charge >= 0.3 is 0 Å². The lowest BCUT2D eigenvalue weighted by atomic mass is 10.2. The van der Waals surface area contributed by atoms with Crippen molar-refractivity contribution < 1.29 is 22.3 Å². The summed E-state index contributed by atoms with van der Waals surface area (Å²) >= 11 is 7.36. The third-order valence-corrected chi connectivity index (χ3v) is 9.82. The van der Waals surface area contributed by atoms with Crippen LogP contribution in [0.3, 0.4) is 0 Å². The molecule has 1 N–H and O–H groups in total. The molecule has 41 heavy (non-hydrogen) atoms. The molecule has 0 bridgehead atoms. The van der Waals surface area contributed by atoms with Gasteiger partial charge in [0.25, 0.3) is 0 Å². The van der Waals surface area contributed by atoms with Crippen LogP contribution in [0.5, 0.6) is 0 Å². The highest BCUT2D eigenvalue weighted by Crippen LogP contribution is 2.29. The maximum absolute atomic E-state index is 13.6. The van der Waals surface area contributed by atoms with Crippen molar-refractivity contribution in [3.05, 3.63) is 88.7 Å². The minimum Gasteiger partial charge on any atom is -0.379 e. The van der Waals surface area contributed by atoms with Gasteiger partial charge in [-0.2, -0.15) is 4.31 Å². The minimum atomic E-state index is -3.73. The summed E-state index contributed by atoms with van der Waals surface area (Å²) in [6.07, 6.45) is 0. The van der Waals surface area contributed by atoms with Crippen molar-refractivity contribution >= 4 is 45.0 Å². The predicted octanol–water partition coefficient (Wildman–Crippen LogP) is 4.85. The lowest BCUT2D eigenvalue weighted by molar-refractivity contribution is -0.113. The number of carbonyl (C=O) groups excluding carboxylic acids is 1. The predicted molar refractivity (Wildman–Crippen MR) is 156 cm³/mol. The van der Waals surface area contributed by atoms with Gasteiger partial charge in [0.1, 0.15) is 5.82 Å². The van der Waals surface area contributed by atoms with E-state index >= 15 is 0 Å². The van der Waals surface area contributed by atoms with Crippen LogP contribution in [0.25, 0.3) is 11.4 Å². The first kappa shape index (κ1) is 29.2. The third kappa shape index (κ3) is 6.79. The summed E-state index contributed by atoms with van der Waals surface area (Å²) in [5.74, 6) is -0.154. The Kier molecular flexibility index (Phi) is 9.05. The SMILES string of the molecule is Cc1c(Cl)cccc1NC(=O)CSc1nnc(-c2cccc(S(=O)(=O)N3CCOCC3)c2)n1Cc1ccc(F)cc1. The van der Waals surface area contributed by atoms with Crippen LogP contribution in [-0.2, 0) is 26.1 Å². The molecule has 1 fully saturated rings. The van der Waals surface area contributed by atoms with Gasteiger partial charge in [0.15, 0.2) is 11.0 Å². The molecule has 1 amide bonds. The zero-order valence-electron chi connectivity index (χ0n) is 22.1. The van der Waals surface area contributed by atoms with Gasteiger partial charge in [-0.1, -0.05) is 53.7 Å². The molecule has 9 nitrogen and oxygen atoms in total. The zero-order chi connectivity index (χ0) is 29.0. The third-order valence-electron chi connectivity index (χ3n) is 6.54. The van der Waals surface area contributed by atoms with Gasteiger partial charge in [0, 0.05) is 29.4 Å². The number of thioether (sulfide) groups is 1. The molecule has 1 saturated heterocycles. The lowest BCUT2D eigenvalue weighted by Gasteiger charge is -2.26. The standard InChI is InChI=1S/C28H27ClFN5O4S2/c1-19-24(29)6-3-7-25(19)31-26(36)18-40-28-33-32-27(35(28)17-20-8-10-22(30)11-9-20)21-4-2-5-23(16-21)41(37,38)34-12-14-39-15-13-34/h2-11,16H,12-15,17-18H2,1H3,(H,31,36). The van der Waals surface area contributed by atoms with E-state index in [9.17, 15) is 17.6 Å². The summed E-state index contributed by atoms with van der Waals surface area (Å²) in [5.41, 5.74) is 2.71. The van der Waals surface area contributed by atoms with E-state index in [0.717, 1.165) is 11.1 Å².